The maximum Gasteiger partial charge on any atom is 0.336 e. The van der Waals surface area contributed by atoms with Crippen LogP contribution in [-0.2, 0) is 11.3 Å². The molecule has 1 saturated carbocycles. The molecule has 4 rings (SSSR count). The zero-order valence-corrected chi connectivity index (χ0v) is 15.5. The van der Waals surface area contributed by atoms with E-state index in [4.69, 9.17) is 4.42 Å². The number of hydrogen-bond acceptors (Lipinski definition) is 4. The first-order chi connectivity index (χ1) is 13.0. The highest BCUT2D eigenvalue weighted by atomic mass is 16.4. The fourth-order valence-corrected chi connectivity index (χ4v) is 3.12. The van der Waals surface area contributed by atoms with Crippen molar-refractivity contribution in [2.75, 3.05) is 10.6 Å². The average molecular weight is 362 g/mol. The minimum atomic E-state index is -0.354. The van der Waals surface area contributed by atoms with Gasteiger partial charge in [0.05, 0.1) is 0 Å². The molecule has 0 radical (unpaired) electrons. The van der Waals surface area contributed by atoms with Crippen molar-refractivity contribution in [3.05, 3.63) is 69.6 Å². The second-order valence-electron chi connectivity index (χ2n) is 7.22. The van der Waals surface area contributed by atoms with E-state index in [1.807, 2.05) is 44.2 Å². The molecule has 0 bridgehead atoms. The van der Waals surface area contributed by atoms with Crippen LogP contribution >= 0.6 is 0 Å². The first-order valence-electron chi connectivity index (χ1n) is 9.18. The Hall–Kier alpha value is -3.08. The Kier molecular flexibility index (Phi) is 4.44. The van der Waals surface area contributed by atoms with E-state index in [0.29, 0.717) is 12.1 Å². The van der Waals surface area contributed by atoms with Crippen LogP contribution < -0.4 is 16.3 Å². The monoisotopic (exact) mass is 362 g/mol. The van der Waals surface area contributed by atoms with Crippen molar-refractivity contribution in [2.24, 2.45) is 5.92 Å². The van der Waals surface area contributed by atoms with Crippen LogP contribution in [0.5, 0.6) is 0 Å². The molecule has 3 aromatic rings. The molecular weight excluding hydrogens is 340 g/mol. The van der Waals surface area contributed by atoms with Crippen molar-refractivity contribution in [1.29, 1.82) is 0 Å². The van der Waals surface area contributed by atoms with Crippen molar-refractivity contribution in [2.45, 2.75) is 33.2 Å². The zero-order chi connectivity index (χ0) is 19.0. The Labute approximate surface area is 157 Å². The van der Waals surface area contributed by atoms with E-state index in [-0.39, 0.29) is 17.5 Å². The largest absolute Gasteiger partial charge is 0.423 e. The molecule has 0 aliphatic heterocycles. The molecule has 1 aromatic heterocycles. The van der Waals surface area contributed by atoms with E-state index < -0.39 is 0 Å². The fourth-order valence-electron chi connectivity index (χ4n) is 3.12. The van der Waals surface area contributed by atoms with Crippen LogP contribution in [0.15, 0.2) is 51.7 Å². The second kappa shape index (κ2) is 6.91. The third-order valence-electron chi connectivity index (χ3n) is 5.01. The van der Waals surface area contributed by atoms with Gasteiger partial charge in [-0.05, 0) is 73.7 Å². The lowest BCUT2D eigenvalue weighted by Crippen LogP contribution is -2.13. The van der Waals surface area contributed by atoms with Crippen LogP contribution in [0.3, 0.4) is 0 Å². The van der Waals surface area contributed by atoms with E-state index >= 15 is 0 Å². The second-order valence-corrected chi connectivity index (χ2v) is 7.22. The van der Waals surface area contributed by atoms with Crippen LogP contribution in [0.2, 0.25) is 0 Å². The summed E-state index contributed by atoms with van der Waals surface area (Å²) in [5, 5.41) is 7.23. The molecule has 5 nitrogen and oxygen atoms in total. The number of hydrogen-bond donors (Lipinski definition) is 2. The van der Waals surface area contributed by atoms with Gasteiger partial charge in [-0.2, -0.15) is 0 Å². The van der Waals surface area contributed by atoms with E-state index in [2.05, 4.69) is 16.7 Å². The van der Waals surface area contributed by atoms with E-state index in [0.717, 1.165) is 46.3 Å². The topological polar surface area (TPSA) is 71.3 Å². The van der Waals surface area contributed by atoms with Gasteiger partial charge in [-0.15, -0.1) is 0 Å². The molecule has 1 fully saturated rings. The number of anilines is 2. The maximum absolute atomic E-state index is 11.9. The molecule has 27 heavy (non-hydrogen) atoms. The van der Waals surface area contributed by atoms with Gasteiger partial charge in [0.25, 0.3) is 0 Å². The maximum atomic E-state index is 11.9. The Morgan fingerprint density at radius 1 is 1.07 bits per heavy atom. The van der Waals surface area contributed by atoms with E-state index in [1.165, 1.54) is 6.07 Å². The summed E-state index contributed by atoms with van der Waals surface area (Å²) in [6, 6.07) is 13.1. The normalized spacial score (nSPS) is 13.6. The standard InChI is InChI=1S/C22H22N2O3/c1-13-8-19-16(10-21(25)27-20(19)9-14(13)2)12-23-17-4-3-5-18(11-17)24-22(26)15-6-7-15/h3-5,8-11,15,23H,6-7,12H2,1-2H3,(H,24,26). The summed E-state index contributed by atoms with van der Waals surface area (Å²) in [7, 11) is 0. The number of benzene rings is 2. The number of carbonyl (C=O) groups is 1. The summed E-state index contributed by atoms with van der Waals surface area (Å²) in [5.74, 6) is 0.257. The van der Waals surface area contributed by atoms with Gasteiger partial charge < -0.3 is 15.1 Å². The van der Waals surface area contributed by atoms with Gasteiger partial charge in [-0.25, -0.2) is 4.79 Å². The summed E-state index contributed by atoms with van der Waals surface area (Å²) in [4.78, 5) is 23.8. The van der Waals surface area contributed by atoms with E-state index in [9.17, 15) is 9.59 Å². The lowest BCUT2D eigenvalue weighted by molar-refractivity contribution is -0.117. The van der Waals surface area contributed by atoms with E-state index in [1.54, 1.807) is 0 Å². The third kappa shape index (κ3) is 3.87. The minimum absolute atomic E-state index is 0.0876. The predicted octanol–water partition coefficient (Wildman–Crippen LogP) is 4.37. The quantitative estimate of drug-likeness (QED) is 0.661. The average Bonchev–Trinajstić information content (AvgIpc) is 3.47. The summed E-state index contributed by atoms with van der Waals surface area (Å²) in [6.45, 7) is 4.54. The molecule has 0 saturated heterocycles. The summed E-state index contributed by atoms with van der Waals surface area (Å²) in [6.07, 6.45) is 1.96. The molecule has 0 atom stereocenters. The predicted molar refractivity (Wildman–Crippen MR) is 107 cm³/mol. The Balaban J connectivity index is 1.55. The fraction of sp³-hybridized carbons (Fsp3) is 0.273. The van der Waals surface area contributed by atoms with Gasteiger partial charge in [0, 0.05) is 35.3 Å². The number of rotatable bonds is 5. The molecule has 1 aliphatic rings. The summed E-state index contributed by atoms with van der Waals surface area (Å²) in [5.41, 5.74) is 5.05. The first kappa shape index (κ1) is 17.3. The molecular formula is C22H22N2O3. The number of amides is 1. The lowest BCUT2D eigenvalue weighted by Gasteiger charge is -2.12. The van der Waals surface area contributed by atoms with Crippen molar-refractivity contribution in [3.63, 3.8) is 0 Å². The van der Waals surface area contributed by atoms with Gasteiger partial charge in [-0.1, -0.05) is 6.07 Å². The minimum Gasteiger partial charge on any atom is -0.423 e. The molecule has 5 heteroatoms. The molecule has 2 aromatic carbocycles. The zero-order valence-electron chi connectivity index (χ0n) is 15.5. The molecule has 1 aliphatic carbocycles. The third-order valence-corrected chi connectivity index (χ3v) is 5.01. The first-order valence-corrected chi connectivity index (χ1v) is 9.18. The van der Waals surface area contributed by atoms with Crippen LogP contribution in [0.4, 0.5) is 11.4 Å². The number of carbonyl (C=O) groups excluding carboxylic acids is 1. The van der Waals surface area contributed by atoms with Gasteiger partial charge in [-0.3, -0.25) is 4.79 Å². The van der Waals surface area contributed by atoms with Crippen LogP contribution in [0, 0.1) is 19.8 Å². The van der Waals surface area contributed by atoms with Gasteiger partial charge >= 0.3 is 5.63 Å². The Morgan fingerprint density at radius 2 is 1.81 bits per heavy atom. The number of fused-ring (bicyclic) bond motifs is 1. The van der Waals surface area contributed by atoms with Crippen molar-refractivity contribution >= 4 is 28.3 Å². The van der Waals surface area contributed by atoms with Crippen LogP contribution in [-0.4, -0.2) is 5.91 Å². The Bertz CT molecular complexity index is 1080. The smallest absolute Gasteiger partial charge is 0.336 e. The SMILES string of the molecule is Cc1cc2oc(=O)cc(CNc3cccc(NC(=O)C4CC4)c3)c2cc1C. The molecule has 1 amide bonds. The molecule has 138 valence electrons. The van der Waals surface area contributed by atoms with Gasteiger partial charge in [0.1, 0.15) is 5.58 Å². The number of aryl methyl sites for hydroxylation is 2. The summed E-state index contributed by atoms with van der Waals surface area (Å²) < 4.78 is 5.35. The highest BCUT2D eigenvalue weighted by Gasteiger charge is 2.29. The molecule has 1 heterocycles. The van der Waals surface area contributed by atoms with Crippen LogP contribution in [0.1, 0.15) is 29.5 Å². The van der Waals surface area contributed by atoms with Crippen molar-refractivity contribution in [1.82, 2.24) is 0 Å². The van der Waals surface area contributed by atoms with Gasteiger partial charge in [0.2, 0.25) is 5.91 Å². The lowest BCUT2D eigenvalue weighted by atomic mass is 10.0. The van der Waals surface area contributed by atoms with Crippen molar-refractivity contribution in [3.8, 4) is 0 Å². The Morgan fingerprint density at radius 3 is 2.59 bits per heavy atom. The summed E-state index contributed by atoms with van der Waals surface area (Å²) >= 11 is 0. The number of nitrogens with one attached hydrogen (secondary N) is 2. The van der Waals surface area contributed by atoms with Gasteiger partial charge in [0.15, 0.2) is 0 Å². The van der Waals surface area contributed by atoms with Crippen LogP contribution in [0.25, 0.3) is 11.0 Å². The molecule has 0 spiro atoms. The molecule has 0 unspecified atom stereocenters. The highest BCUT2D eigenvalue weighted by Crippen LogP contribution is 2.30. The molecule has 2 N–H and O–H groups in total. The highest BCUT2D eigenvalue weighted by molar-refractivity contribution is 5.94. The van der Waals surface area contributed by atoms with Crippen molar-refractivity contribution < 1.29 is 9.21 Å².